The third kappa shape index (κ3) is 11.9. The molecule has 1 aromatic heterocycles. The molecule has 0 aliphatic rings. The molecule has 0 aliphatic heterocycles. The minimum absolute atomic E-state index is 0.0135. The molecule has 0 spiro atoms. The van der Waals surface area contributed by atoms with Crippen LogP contribution >= 0.6 is 11.3 Å². The van der Waals surface area contributed by atoms with E-state index in [-0.39, 0.29) is 36.0 Å². The van der Waals surface area contributed by atoms with Gasteiger partial charge in [-0.3, -0.25) is 14.4 Å². The average Bonchev–Trinajstić information content (AvgIpc) is 3.39. The molecule has 0 radical (unpaired) electrons. The van der Waals surface area contributed by atoms with Gasteiger partial charge in [-0.2, -0.15) is 0 Å². The van der Waals surface area contributed by atoms with Crippen molar-refractivity contribution >= 4 is 39.1 Å². The predicted molar refractivity (Wildman–Crippen MR) is 161 cm³/mol. The normalized spacial score (nSPS) is 14.6. The molecule has 12 heteroatoms. The maximum atomic E-state index is 13.2. The summed E-state index contributed by atoms with van der Waals surface area (Å²) in [7, 11) is -1.69. The number of thiazole rings is 1. The van der Waals surface area contributed by atoms with Gasteiger partial charge in [0.25, 0.3) is 5.91 Å². The summed E-state index contributed by atoms with van der Waals surface area (Å²) in [4.78, 5) is 44.4. The van der Waals surface area contributed by atoms with Gasteiger partial charge in [-0.1, -0.05) is 64.4 Å². The van der Waals surface area contributed by atoms with Crippen molar-refractivity contribution in [3.8, 4) is 0 Å². The van der Waals surface area contributed by atoms with Crippen LogP contribution in [0.25, 0.3) is 0 Å². The Morgan fingerprint density at radius 2 is 1.78 bits per heavy atom. The molecule has 0 unspecified atom stereocenters. The Morgan fingerprint density at radius 1 is 1.12 bits per heavy atom. The summed E-state index contributed by atoms with van der Waals surface area (Å²) in [6.07, 6.45) is 2.42. The van der Waals surface area contributed by atoms with Gasteiger partial charge in [0.05, 0.1) is 6.26 Å². The van der Waals surface area contributed by atoms with E-state index in [1.165, 1.54) is 18.3 Å². The third-order valence-corrected chi connectivity index (χ3v) is 8.55. The fourth-order valence-corrected chi connectivity index (χ4v) is 5.74. The molecule has 4 atom stereocenters. The van der Waals surface area contributed by atoms with Crippen LogP contribution in [-0.2, 0) is 30.8 Å². The Bertz CT molecular complexity index is 1250. The van der Waals surface area contributed by atoms with E-state index >= 15 is 0 Å². The highest BCUT2D eigenvalue weighted by atomic mass is 32.2. The molecular weight excluding hydrogens is 564 g/mol. The Morgan fingerprint density at radius 3 is 2.34 bits per heavy atom. The number of benzene rings is 1. The summed E-state index contributed by atoms with van der Waals surface area (Å²) >= 11 is 1.20. The molecule has 0 bridgehead atoms. The lowest BCUT2D eigenvalue weighted by Gasteiger charge is -2.34. The highest BCUT2D eigenvalue weighted by Crippen LogP contribution is 2.30. The smallest absolute Gasteiger partial charge is 0.303 e. The van der Waals surface area contributed by atoms with Crippen molar-refractivity contribution < 1.29 is 27.5 Å². The zero-order chi connectivity index (χ0) is 30.7. The van der Waals surface area contributed by atoms with Crippen LogP contribution < -0.4 is 10.0 Å². The number of sulfonamides is 1. The maximum Gasteiger partial charge on any atom is 0.303 e. The average molecular weight is 609 g/mol. The second-order valence-corrected chi connectivity index (χ2v) is 13.6. The van der Waals surface area contributed by atoms with Gasteiger partial charge in [0.2, 0.25) is 15.9 Å². The molecule has 2 amide bonds. The molecule has 2 N–H and O–H groups in total. The Hall–Kier alpha value is -2.83. The van der Waals surface area contributed by atoms with E-state index in [1.807, 2.05) is 51.1 Å². The first kappa shape index (κ1) is 34.4. The third-order valence-electron chi connectivity index (χ3n) is 6.93. The van der Waals surface area contributed by atoms with Gasteiger partial charge in [0.15, 0.2) is 6.10 Å². The number of carbonyl (C=O) groups is 3. The second kappa shape index (κ2) is 16.0. The van der Waals surface area contributed by atoms with Crippen LogP contribution in [-0.4, -0.2) is 68.0 Å². The Labute approximate surface area is 248 Å². The van der Waals surface area contributed by atoms with Crippen molar-refractivity contribution in [1.29, 1.82) is 0 Å². The number of ether oxygens (including phenoxy) is 1. The van der Waals surface area contributed by atoms with Gasteiger partial charge in [0, 0.05) is 50.8 Å². The van der Waals surface area contributed by atoms with Crippen molar-refractivity contribution in [3.05, 3.63) is 52.0 Å². The largest absolute Gasteiger partial charge is 0.455 e. The first-order valence-corrected chi connectivity index (χ1v) is 16.6. The van der Waals surface area contributed by atoms with Gasteiger partial charge in [0.1, 0.15) is 10.7 Å². The van der Waals surface area contributed by atoms with Gasteiger partial charge in [-0.25, -0.2) is 18.1 Å². The molecule has 1 heterocycles. The van der Waals surface area contributed by atoms with Gasteiger partial charge < -0.3 is 15.0 Å². The molecule has 0 saturated heterocycles. The topological polar surface area (TPSA) is 135 Å². The maximum absolute atomic E-state index is 13.2. The molecule has 10 nitrogen and oxygen atoms in total. The van der Waals surface area contributed by atoms with E-state index in [0.29, 0.717) is 24.3 Å². The minimum Gasteiger partial charge on any atom is -0.455 e. The van der Waals surface area contributed by atoms with E-state index in [4.69, 9.17) is 4.74 Å². The molecule has 2 aromatic rings. The lowest BCUT2D eigenvalue weighted by Crippen LogP contribution is -2.44. The number of hydrogen-bond donors (Lipinski definition) is 2. The number of nitrogens with one attached hydrogen (secondary N) is 2. The monoisotopic (exact) mass is 608 g/mol. The Kier molecular flexibility index (Phi) is 13.4. The zero-order valence-corrected chi connectivity index (χ0v) is 26.7. The van der Waals surface area contributed by atoms with Gasteiger partial charge in [-0.05, 0) is 23.8 Å². The molecule has 0 saturated carbocycles. The molecule has 0 aliphatic carbocycles. The first-order valence-electron chi connectivity index (χ1n) is 13.9. The van der Waals surface area contributed by atoms with Crippen molar-refractivity contribution in [2.24, 2.45) is 11.8 Å². The standard InChI is InChI=1S/C29H44N4O6S2/c1-8-20(4)14-27(35)33(6)25(19(2)3)16-26(39-21(5)34)29-32-24(18-40-29)28(36)31-23(17-30-41(7,37)38)15-22-12-10-9-11-13-22/h9-13,18-20,23,25-26,30H,8,14-17H2,1-7H3,(H,31,36)/t20-,23-,25+,26+/m0/s1. The number of amides is 2. The van der Waals surface area contributed by atoms with E-state index in [0.717, 1.165) is 18.2 Å². The van der Waals surface area contributed by atoms with Crippen LogP contribution in [0.3, 0.4) is 0 Å². The van der Waals surface area contributed by atoms with Crippen molar-refractivity contribution in [1.82, 2.24) is 19.9 Å². The second-order valence-electron chi connectivity index (χ2n) is 10.9. The lowest BCUT2D eigenvalue weighted by atomic mass is 9.95. The zero-order valence-electron chi connectivity index (χ0n) is 25.0. The summed E-state index contributed by atoms with van der Waals surface area (Å²) in [5.41, 5.74) is 1.08. The number of rotatable bonds is 16. The summed E-state index contributed by atoms with van der Waals surface area (Å²) < 4.78 is 31.5. The fourth-order valence-electron chi connectivity index (χ4n) is 4.39. The van der Waals surface area contributed by atoms with Crippen molar-refractivity contribution in [2.45, 2.75) is 78.5 Å². The van der Waals surface area contributed by atoms with Crippen LogP contribution in [0.5, 0.6) is 0 Å². The van der Waals surface area contributed by atoms with Crippen molar-refractivity contribution in [3.63, 3.8) is 0 Å². The summed E-state index contributed by atoms with van der Waals surface area (Å²) in [5.74, 6) is -0.567. The molecule has 228 valence electrons. The summed E-state index contributed by atoms with van der Waals surface area (Å²) in [5, 5.41) is 4.92. The molecular formula is C29H44N4O6S2. The van der Waals surface area contributed by atoms with Crippen LogP contribution in [0, 0.1) is 11.8 Å². The van der Waals surface area contributed by atoms with Crippen LogP contribution in [0.15, 0.2) is 35.7 Å². The van der Waals surface area contributed by atoms with Crippen LogP contribution in [0.1, 0.15) is 81.0 Å². The van der Waals surface area contributed by atoms with E-state index < -0.39 is 34.0 Å². The van der Waals surface area contributed by atoms with E-state index in [9.17, 15) is 22.8 Å². The number of nitrogens with zero attached hydrogens (tertiary/aromatic N) is 2. The fraction of sp³-hybridized carbons (Fsp3) is 0.586. The summed E-state index contributed by atoms with van der Waals surface area (Å²) in [6, 6.07) is 8.70. The number of esters is 1. The highest BCUT2D eigenvalue weighted by molar-refractivity contribution is 7.88. The summed E-state index contributed by atoms with van der Waals surface area (Å²) in [6.45, 7) is 9.46. The van der Waals surface area contributed by atoms with Crippen molar-refractivity contribution in [2.75, 3.05) is 19.8 Å². The number of aromatic nitrogens is 1. The first-order chi connectivity index (χ1) is 19.2. The van der Waals surface area contributed by atoms with Crippen LogP contribution in [0.4, 0.5) is 0 Å². The quantitative estimate of drug-likeness (QED) is 0.276. The van der Waals surface area contributed by atoms with E-state index in [1.54, 1.807) is 17.3 Å². The highest BCUT2D eigenvalue weighted by Gasteiger charge is 2.31. The van der Waals surface area contributed by atoms with E-state index in [2.05, 4.69) is 21.9 Å². The molecule has 2 rings (SSSR count). The number of carbonyl (C=O) groups excluding carboxylic acids is 3. The van der Waals surface area contributed by atoms with Gasteiger partial charge >= 0.3 is 5.97 Å². The molecule has 41 heavy (non-hydrogen) atoms. The Balaban J connectivity index is 2.23. The predicted octanol–water partition coefficient (Wildman–Crippen LogP) is 3.95. The SMILES string of the molecule is CC[C@H](C)CC(=O)N(C)[C@H](C[C@@H](OC(C)=O)c1nc(C(=O)N[C@H](CNS(C)(=O)=O)Cc2ccccc2)cs1)C(C)C. The molecule has 0 fully saturated rings. The lowest BCUT2D eigenvalue weighted by molar-refractivity contribution is -0.148. The van der Waals surface area contributed by atoms with Crippen LogP contribution in [0.2, 0.25) is 0 Å². The van der Waals surface area contributed by atoms with Gasteiger partial charge in [-0.15, -0.1) is 11.3 Å². The molecule has 1 aromatic carbocycles. The number of hydrogen-bond acceptors (Lipinski definition) is 8. The minimum atomic E-state index is -3.46.